The molecule has 0 radical (unpaired) electrons. The van der Waals surface area contributed by atoms with Gasteiger partial charge in [0.25, 0.3) is 6.33 Å². The maximum absolute atomic E-state index is 4.10. The van der Waals surface area contributed by atoms with Gasteiger partial charge in [0.1, 0.15) is 6.20 Å². The third-order valence-electron chi connectivity index (χ3n) is 3.18. The Morgan fingerprint density at radius 3 is 2.12 bits per heavy atom. The zero-order chi connectivity index (χ0) is 12.2. The quantitative estimate of drug-likeness (QED) is 0.444. The van der Waals surface area contributed by atoms with Crippen molar-refractivity contribution < 1.29 is 4.57 Å². The molecule has 0 amide bonds. The Morgan fingerprint density at radius 2 is 1.53 bits per heavy atom. The normalized spacial score (nSPS) is 10.6. The van der Waals surface area contributed by atoms with Crippen molar-refractivity contribution in [2.45, 2.75) is 71.3 Å². The zero-order valence-electron chi connectivity index (χ0n) is 11.3. The molecule has 0 saturated carbocycles. The maximum Gasteiger partial charge on any atom is 0.286 e. The summed E-state index contributed by atoms with van der Waals surface area (Å²) in [5.41, 5.74) is 0. The molecule has 0 spiro atoms. The summed E-state index contributed by atoms with van der Waals surface area (Å²) in [6.45, 7) is 3.39. The molecule has 2 nitrogen and oxygen atoms in total. The van der Waals surface area contributed by atoms with Gasteiger partial charge >= 0.3 is 0 Å². The van der Waals surface area contributed by atoms with Crippen molar-refractivity contribution in [1.82, 2.24) is 4.98 Å². The van der Waals surface area contributed by atoms with Crippen molar-refractivity contribution in [3.63, 3.8) is 0 Å². The third kappa shape index (κ3) is 7.89. The fraction of sp³-hybridized carbons (Fsp3) is 0.733. The van der Waals surface area contributed by atoms with Crippen LogP contribution in [0.15, 0.2) is 24.8 Å². The summed E-state index contributed by atoms with van der Waals surface area (Å²) in [7, 11) is 0. The molecule has 0 atom stereocenters. The molecule has 0 aliphatic heterocycles. The number of nitrogens with zero attached hydrogens (tertiary/aromatic N) is 2. The van der Waals surface area contributed by atoms with Crippen LogP contribution in [0.1, 0.15) is 64.7 Å². The second-order valence-corrected chi connectivity index (χ2v) is 4.82. The topological polar surface area (TPSA) is 16.8 Å². The highest BCUT2D eigenvalue weighted by Gasteiger charge is 1.96. The fourth-order valence-corrected chi connectivity index (χ4v) is 2.10. The predicted octanol–water partition coefficient (Wildman–Crippen LogP) is 3.90. The predicted molar refractivity (Wildman–Crippen MR) is 71.7 cm³/mol. The van der Waals surface area contributed by atoms with Crippen LogP contribution < -0.4 is 4.57 Å². The standard InChI is InChI=1S/C15H27N2/c1-2-3-4-5-6-7-8-9-10-13-17-14-11-12-16-15-17/h11-12,14-15H,2-10,13H2,1H3/q+1. The first kappa shape index (κ1) is 14.1. The molecule has 0 fully saturated rings. The molecular formula is C15H27N2+. The molecule has 0 saturated heterocycles. The van der Waals surface area contributed by atoms with Gasteiger partial charge in [-0.05, 0) is 12.8 Å². The van der Waals surface area contributed by atoms with Crippen molar-refractivity contribution in [3.05, 3.63) is 24.8 Å². The van der Waals surface area contributed by atoms with Crippen LogP contribution in [0, 0.1) is 0 Å². The lowest BCUT2D eigenvalue weighted by molar-refractivity contribution is -0.700. The van der Waals surface area contributed by atoms with Gasteiger partial charge in [0.05, 0.1) is 12.7 Å². The summed E-state index contributed by atoms with van der Waals surface area (Å²) < 4.78 is 2.17. The first-order valence-electron chi connectivity index (χ1n) is 7.22. The highest BCUT2D eigenvalue weighted by Crippen LogP contribution is 2.09. The van der Waals surface area contributed by atoms with Crippen LogP contribution in [0.5, 0.6) is 0 Å². The van der Waals surface area contributed by atoms with Gasteiger partial charge in [-0.25, -0.2) is 4.57 Å². The summed E-state index contributed by atoms with van der Waals surface area (Å²) in [4.78, 5) is 4.10. The average Bonchev–Trinajstić information content (AvgIpc) is 2.38. The van der Waals surface area contributed by atoms with E-state index in [1.807, 2.05) is 18.6 Å². The van der Waals surface area contributed by atoms with Crippen LogP contribution in [0.25, 0.3) is 0 Å². The zero-order valence-corrected chi connectivity index (χ0v) is 11.3. The SMILES string of the molecule is CCCCCCCCCCC[n+]1cccnc1. The number of hydrogen-bond acceptors (Lipinski definition) is 1. The third-order valence-corrected chi connectivity index (χ3v) is 3.18. The lowest BCUT2D eigenvalue weighted by Crippen LogP contribution is -2.32. The lowest BCUT2D eigenvalue weighted by Gasteiger charge is -2.01. The molecule has 1 heterocycles. The van der Waals surface area contributed by atoms with E-state index >= 15 is 0 Å². The first-order chi connectivity index (χ1) is 8.43. The molecule has 1 aromatic rings. The Hall–Kier alpha value is -0.920. The van der Waals surface area contributed by atoms with Gasteiger partial charge in [0, 0.05) is 6.07 Å². The van der Waals surface area contributed by atoms with Gasteiger partial charge in [0.15, 0.2) is 0 Å². The summed E-state index contributed by atoms with van der Waals surface area (Å²) in [6, 6.07) is 1.99. The van der Waals surface area contributed by atoms with E-state index in [4.69, 9.17) is 0 Å². The van der Waals surface area contributed by atoms with E-state index in [2.05, 4.69) is 22.7 Å². The van der Waals surface area contributed by atoms with Crippen molar-refractivity contribution in [2.24, 2.45) is 0 Å². The van der Waals surface area contributed by atoms with E-state index in [-0.39, 0.29) is 0 Å². The van der Waals surface area contributed by atoms with Gasteiger partial charge in [-0.3, -0.25) is 0 Å². The molecule has 0 unspecified atom stereocenters. The highest BCUT2D eigenvalue weighted by molar-refractivity contribution is 4.68. The Bertz CT molecular complexity index is 259. The second-order valence-electron chi connectivity index (χ2n) is 4.82. The van der Waals surface area contributed by atoms with E-state index < -0.39 is 0 Å². The molecule has 0 aliphatic carbocycles. The van der Waals surface area contributed by atoms with Crippen LogP contribution in [-0.2, 0) is 6.54 Å². The Labute approximate surface area is 106 Å². The number of hydrogen-bond donors (Lipinski definition) is 0. The van der Waals surface area contributed by atoms with E-state index in [0.717, 1.165) is 6.54 Å². The van der Waals surface area contributed by atoms with Crippen LogP contribution in [0.4, 0.5) is 0 Å². The van der Waals surface area contributed by atoms with Crippen LogP contribution >= 0.6 is 0 Å². The van der Waals surface area contributed by atoms with Crippen molar-refractivity contribution in [2.75, 3.05) is 0 Å². The first-order valence-corrected chi connectivity index (χ1v) is 7.22. The maximum atomic E-state index is 4.10. The Kier molecular flexibility index (Phi) is 8.53. The van der Waals surface area contributed by atoms with Gasteiger partial charge in [-0.1, -0.05) is 56.9 Å². The summed E-state index contributed by atoms with van der Waals surface area (Å²) in [5.74, 6) is 0. The molecule has 17 heavy (non-hydrogen) atoms. The molecule has 2 heteroatoms. The largest absolute Gasteiger partial charge is 0.286 e. The van der Waals surface area contributed by atoms with Crippen molar-refractivity contribution in [1.29, 1.82) is 0 Å². The van der Waals surface area contributed by atoms with E-state index in [9.17, 15) is 0 Å². The van der Waals surface area contributed by atoms with Crippen molar-refractivity contribution >= 4 is 0 Å². The number of unbranched alkanes of at least 4 members (excludes halogenated alkanes) is 8. The second kappa shape index (κ2) is 10.2. The summed E-state index contributed by atoms with van der Waals surface area (Å²) in [5, 5.41) is 0. The molecule has 0 bridgehead atoms. The lowest BCUT2D eigenvalue weighted by atomic mass is 10.1. The van der Waals surface area contributed by atoms with Gasteiger partial charge < -0.3 is 0 Å². The van der Waals surface area contributed by atoms with Crippen LogP contribution in [0.2, 0.25) is 0 Å². The summed E-state index contributed by atoms with van der Waals surface area (Å²) in [6.07, 6.45) is 18.3. The molecule has 1 rings (SSSR count). The molecule has 0 aromatic carbocycles. The van der Waals surface area contributed by atoms with E-state index in [1.165, 1.54) is 57.8 Å². The van der Waals surface area contributed by atoms with E-state index in [0.29, 0.717) is 0 Å². The molecule has 96 valence electrons. The summed E-state index contributed by atoms with van der Waals surface area (Å²) >= 11 is 0. The number of rotatable bonds is 10. The van der Waals surface area contributed by atoms with Crippen LogP contribution in [-0.4, -0.2) is 4.98 Å². The Morgan fingerprint density at radius 1 is 0.882 bits per heavy atom. The minimum absolute atomic E-state index is 1.11. The fourth-order valence-electron chi connectivity index (χ4n) is 2.10. The molecule has 1 aromatic heterocycles. The minimum atomic E-state index is 1.11. The van der Waals surface area contributed by atoms with Crippen LogP contribution in [0.3, 0.4) is 0 Å². The highest BCUT2D eigenvalue weighted by atomic mass is 15.0. The average molecular weight is 235 g/mol. The monoisotopic (exact) mass is 235 g/mol. The molecular weight excluding hydrogens is 208 g/mol. The number of aromatic nitrogens is 2. The van der Waals surface area contributed by atoms with Crippen molar-refractivity contribution in [3.8, 4) is 0 Å². The smallest absolute Gasteiger partial charge is 0.237 e. The van der Waals surface area contributed by atoms with Gasteiger partial charge in [-0.2, -0.15) is 0 Å². The molecule has 0 aliphatic rings. The number of aryl methyl sites for hydroxylation is 1. The van der Waals surface area contributed by atoms with Gasteiger partial charge in [0.2, 0.25) is 0 Å². The van der Waals surface area contributed by atoms with E-state index in [1.54, 1.807) is 0 Å². The minimum Gasteiger partial charge on any atom is -0.237 e. The Balaban J connectivity index is 1.85. The van der Waals surface area contributed by atoms with Gasteiger partial charge in [-0.15, -0.1) is 0 Å². The molecule has 0 N–H and O–H groups in total.